The number of amides is 2. The molecule has 2 amide bonds. The lowest BCUT2D eigenvalue weighted by atomic mass is 9.99. The van der Waals surface area contributed by atoms with Gasteiger partial charge in [-0.3, -0.25) is 9.59 Å². The van der Waals surface area contributed by atoms with Gasteiger partial charge in [0.25, 0.3) is 0 Å². The number of hydrogen-bond donors (Lipinski definition) is 2. The first-order valence-electron chi connectivity index (χ1n) is 15.2. The molecule has 3 saturated heterocycles. The van der Waals surface area contributed by atoms with Crippen LogP contribution in [0.1, 0.15) is 80.5 Å². The van der Waals surface area contributed by atoms with Crippen molar-refractivity contribution in [3.05, 3.63) is 65.2 Å². The predicted molar refractivity (Wildman–Crippen MR) is 154 cm³/mol. The van der Waals surface area contributed by atoms with Crippen molar-refractivity contribution in [3.63, 3.8) is 0 Å². The molecular weight excluding hydrogens is 563 g/mol. The van der Waals surface area contributed by atoms with E-state index >= 15 is 0 Å². The molecule has 234 valence electrons. The molecule has 3 fully saturated rings. The molecular formula is C32H40F3N3O5. The van der Waals surface area contributed by atoms with Gasteiger partial charge in [-0.05, 0) is 62.0 Å². The predicted octanol–water partition coefficient (Wildman–Crippen LogP) is 5.48. The molecule has 2 aromatic rings. The van der Waals surface area contributed by atoms with Crippen molar-refractivity contribution in [1.82, 2.24) is 9.80 Å². The van der Waals surface area contributed by atoms with Gasteiger partial charge in [0, 0.05) is 30.8 Å². The summed E-state index contributed by atoms with van der Waals surface area (Å²) in [5.41, 5.74) is 2.98. The third-order valence-electron chi connectivity index (χ3n) is 8.53. The average Bonchev–Trinajstić information content (AvgIpc) is 3.48. The lowest BCUT2D eigenvalue weighted by Crippen LogP contribution is -2.48. The van der Waals surface area contributed by atoms with Crippen LogP contribution in [-0.2, 0) is 25.7 Å². The van der Waals surface area contributed by atoms with Crippen LogP contribution < -0.4 is 5.32 Å². The number of benzene rings is 2. The Morgan fingerprint density at radius 1 is 0.860 bits per heavy atom. The summed E-state index contributed by atoms with van der Waals surface area (Å²) >= 11 is 0. The molecule has 3 heterocycles. The van der Waals surface area contributed by atoms with Crippen molar-refractivity contribution in [2.75, 3.05) is 31.5 Å². The molecule has 3 aliphatic heterocycles. The minimum Gasteiger partial charge on any atom is -0.392 e. The van der Waals surface area contributed by atoms with Gasteiger partial charge in [0.05, 0.1) is 18.8 Å². The highest BCUT2D eigenvalue weighted by molar-refractivity contribution is 5.98. The van der Waals surface area contributed by atoms with Gasteiger partial charge in [0.2, 0.25) is 5.91 Å². The zero-order valence-electron chi connectivity index (χ0n) is 24.2. The maximum absolute atomic E-state index is 13.0. The molecule has 0 aliphatic carbocycles. The van der Waals surface area contributed by atoms with Gasteiger partial charge in [-0.2, -0.15) is 13.2 Å². The second-order valence-corrected chi connectivity index (χ2v) is 11.7. The Morgan fingerprint density at radius 3 is 2.16 bits per heavy atom. The summed E-state index contributed by atoms with van der Waals surface area (Å²) in [6.07, 6.45) is 1.36. The van der Waals surface area contributed by atoms with E-state index in [2.05, 4.69) is 10.2 Å². The van der Waals surface area contributed by atoms with Gasteiger partial charge in [-0.1, -0.05) is 55.7 Å². The van der Waals surface area contributed by atoms with E-state index < -0.39 is 30.3 Å². The van der Waals surface area contributed by atoms with E-state index in [1.165, 1.54) is 32.1 Å². The standard InChI is InChI=1S/C32H40F3N3O5/c33-32(34,35)31(41)38-18-6-7-27(38)29(40)36-25-14-12-24(13-15-25)30-42-26(20-37-16-4-2-1-3-5-17-37)19-28(43-30)23-10-8-22(21-39)9-11-23/h8-15,26-28,30,39H,1-7,16-21H2,(H,36,40)/t26-,27+,28+,30+/m1/s1. The van der Waals surface area contributed by atoms with E-state index in [1.54, 1.807) is 24.3 Å². The number of aliphatic hydroxyl groups excluding tert-OH is 1. The first-order valence-corrected chi connectivity index (χ1v) is 15.2. The lowest BCUT2D eigenvalue weighted by Gasteiger charge is -2.38. The van der Waals surface area contributed by atoms with E-state index in [9.17, 15) is 27.9 Å². The molecule has 0 aromatic heterocycles. The molecule has 2 aromatic carbocycles. The molecule has 0 spiro atoms. The summed E-state index contributed by atoms with van der Waals surface area (Å²) in [5.74, 6) is -2.63. The normalized spacial score (nSPS) is 25.6. The zero-order valence-corrected chi connectivity index (χ0v) is 24.2. The minimum atomic E-state index is -5.02. The van der Waals surface area contributed by atoms with Crippen molar-refractivity contribution in [3.8, 4) is 0 Å². The topological polar surface area (TPSA) is 91.3 Å². The molecule has 43 heavy (non-hydrogen) atoms. The summed E-state index contributed by atoms with van der Waals surface area (Å²) in [5, 5.41) is 12.1. The summed E-state index contributed by atoms with van der Waals surface area (Å²) in [7, 11) is 0. The van der Waals surface area contributed by atoms with Gasteiger partial charge in [-0.25, -0.2) is 0 Å². The van der Waals surface area contributed by atoms with Crippen molar-refractivity contribution in [2.24, 2.45) is 0 Å². The van der Waals surface area contributed by atoms with Gasteiger partial charge >= 0.3 is 12.1 Å². The molecule has 11 heteroatoms. The summed E-state index contributed by atoms with van der Waals surface area (Å²) < 4.78 is 51.9. The monoisotopic (exact) mass is 603 g/mol. The van der Waals surface area contributed by atoms with Crippen molar-refractivity contribution >= 4 is 17.5 Å². The Balaban J connectivity index is 1.28. The zero-order chi connectivity index (χ0) is 30.4. The number of nitrogens with one attached hydrogen (secondary N) is 1. The number of nitrogens with zero attached hydrogens (tertiary/aromatic N) is 2. The highest BCUT2D eigenvalue weighted by atomic mass is 19.4. The molecule has 0 saturated carbocycles. The van der Waals surface area contributed by atoms with Crippen LogP contribution in [0.2, 0.25) is 0 Å². The van der Waals surface area contributed by atoms with Crippen LogP contribution in [0.5, 0.6) is 0 Å². The Labute approximate surface area is 250 Å². The van der Waals surface area contributed by atoms with Crippen LogP contribution >= 0.6 is 0 Å². The second kappa shape index (κ2) is 14.2. The Bertz CT molecular complexity index is 1220. The Hall–Kier alpha value is -2.99. The highest BCUT2D eigenvalue weighted by Crippen LogP contribution is 2.38. The molecule has 2 N–H and O–H groups in total. The van der Waals surface area contributed by atoms with Gasteiger partial charge in [0.15, 0.2) is 6.29 Å². The number of hydrogen-bond acceptors (Lipinski definition) is 6. The average molecular weight is 604 g/mol. The molecule has 5 rings (SSSR count). The van der Waals surface area contributed by atoms with Crippen LogP contribution in [0.25, 0.3) is 0 Å². The van der Waals surface area contributed by atoms with E-state index in [1.807, 2.05) is 24.3 Å². The highest BCUT2D eigenvalue weighted by Gasteiger charge is 2.47. The molecule has 0 radical (unpaired) electrons. The van der Waals surface area contributed by atoms with Crippen LogP contribution in [0.4, 0.5) is 18.9 Å². The first kappa shape index (κ1) is 31.4. The van der Waals surface area contributed by atoms with Crippen LogP contribution in [0.15, 0.2) is 48.5 Å². The second-order valence-electron chi connectivity index (χ2n) is 11.7. The largest absolute Gasteiger partial charge is 0.471 e. The first-order chi connectivity index (χ1) is 20.7. The van der Waals surface area contributed by atoms with Crippen LogP contribution in [0, 0.1) is 0 Å². The number of carbonyl (C=O) groups excluding carboxylic acids is 2. The third kappa shape index (κ3) is 8.14. The lowest BCUT2D eigenvalue weighted by molar-refractivity contribution is -0.253. The number of anilines is 1. The number of ether oxygens (including phenoxy) is 2. The smallest absolute Gasteiger partial charge is 0.392 e. The van der Waals surface area contributed by atoms with Crippen LogP contribution in [0.3, 0.4) is 0 Å². The summed E-state index contributed by atoms with van der Waals surface area (Å²) in [6.45, 7) is 2.75. The number of rotatable bonds is 7. The number of aliphatic hydroxyl groups is 1. The van der Waals surface area contributed by atoms with E-state index in [-0.39, 0.29) is 31.8 Å². The fourth-order valence-electron chi connectivity index (χ4n) is 6.21. The molecule has 8 nitrogen and oxygen atoms in total. The number of alkyl halides is 3. The number of likely N-dealkylation sites (tertiary alicyclic amines) is 2. The number of halogens is 3. The third-order valence-corrected chi connectivity index (χ3v) is 8.53. The summed E-state index contributed by atoms with van der Waals surface area (Å²) in [6, 6.07) is 13.4. The molecule has 3 aliphatic rings. The van der Waals surface area contributed by atoms with E-state index in [0.29, 0.717) is 23.4 Å². The fraction of sp³-hybridized carbons (Fsp3) is 0.562. The fourth-order valence-corrected chi connectivity index (χ4v) is 6.21. The van der Waals surface area contributed by atoms with Gasteiger partial charge in [-0.15, -0.1) is 0 Å². The SMILES string of the molecule is O=C(Nc1ccc([C@H]2O[C@@H](CN3CCCCCCC3)C[C@@H](c3ccc(CO)cc3)O2)cc1)[C@@H]1CCCN1C(=O)C(F)(F)F. The van der Waals surface area contributed by atoms with Gasteiger partial charge in [0.1, 0.15) is 6.04 Å². The van der Waals surface area contributed by atoms with E-state index in [0.717, 1.165) is 36.3 Å². The molecule has 4 atom stereocenters. The van der Waals surface area contributed by atoms with Crippen LogP contribution in [-0.4, -0.2) is 71.2 Å². The maximum atomic E-state index is 13.0. The summed E-state index contributed by atoms with van der Waals surface area (Å²) in [4.78, 5) is 27.7. The molecule has 0 bridgehead atoms. The minimum absolute atomic E-state index is 0.0323. The number of carbonyl (C=O) groups is 2. The van der Waals surface area contributed by atoms with Crippen molar-refractivity contribution < 1.29 is 37.3 Å². The molecule has 0 unspecified atom stereocenters. The Kier molecular flexibility index (Phi) is 10.4. The van der Waals surface area contributed by atoms with E-state index in [4.69, 9.17) is 9.47 Å². The van der Waals surface area contributed by atoms with Gasteiger partial charge < -0.3 is 29.7 Å². The van der Waals surface area contributed by atoms with Crippen molar-refractivity contribution in [1.29, 1.82) is 0 Å². The quantitative estimate of drug-likeness (QED) is 0.436. The van der Waals surface area contributed by atoms with Crippen molar-refractivity contribution in [2.45, 2.75) is 88.7 Å². The Morgan fingerprint density at radius 2 is 1.51 bits per heavy atom. The maximum Gasteiger partial charge on any atom is 0.471 e.